The van der Waals surface area contributed by atoms with Crippen LogP contribution >= 0.6 is 0 Å². The van der Waals surface area contributed by atoms with Crippen molar-refractivity contribution in [1.29, 1.82) is 0 Å². The summed E-state index contributed by atoms with van der Waals surface area (Å²) < 4.78 is 26.1. The Labute approximate surface area is 176 Å². The third-order valence-electron chi connectivity index (χ3n) is 4.38. The van der Waals surface area contributed by atoms with Crippen LogP contribution in [0.1, 0.15) is 17.3 Å². The van der Waals surface area contributed by atoms with Crippen LogP contribution in [0.4, 0.5) is 11.4 Å². The highest BCUT2D eigenvalue weighted by molar-refractivity contribution is 5.99. The van der Waals surface area contributed by atoms with Crippen molar-refractivity contribution in [2.45, 2.75) is 13.0 Å². The zero-order valence-electron chi connectivity index (χ0n) is 17.0. The second kappa shape index (κ2) is 9.20. The molecule has 0 fully saturated rings. The predicted molar refractivity (Wildman–Crippen MR) is 107 cm³/mol. The first-order chi connectivity index (χ1) is 14.8. The summed E-state index contributed by atoms with van der Waals surface area (Å²) in [6, 6.07) is 7.02. The fraction of sp³-hybridized carbons (Fsp3) is 0.300. The molecule has 0 bridgehead atoms. The fourth-order valence-electron chi connectivity index (χ4n) is 2.83. The molecule has 1 aliphatic rings. The Morgan fingerprint density at radius 1 is 1.06 bits per heavy atom. The Kier molecular flexibility index (Phi) is 6.43. The number of methoxy groups -OCH3 is 2. The van der Waals surface area contributed by atoms with Gasteiger partial charge >= 0.3 is 5.97 Å². The predicted octanol–water partition coefficient (Wildman–Crippen LogP) is 2.57. The van der Waals surface area contributed by atoms with Crippen molar-refractivity contribution < 1.29 is 38.2 Å². The lowest BCUT2D eigenvalue weighted by atomic mass is 10.1. The van der Waals surface area contributed by atoms with Crippen molar-refractivity contribution in [3.05, 3.63) is 46.0 Å². The molecule has 0 aliphatic carbocycles. The minimum Gasteiger partial charge on any atom is -0.493 e. The summed E-state index contributed by atoms with van der Waals surface area (Å²) in [5.74, 6) is -0.464. The third kappa shape index (κ3) is 4.77. The molecule has 0 saturated carbocycles. The van der Waals surface area contributed by atoms with Gasteiger partial charge in [-0.1, -0.05) is 0 Å². The van der Waals surface area contributed by atoms with Gasteiger partial charge in [-0.05, 0) is 19.1 Å². The van der Waals surface area contributed by atoms with Gasteiger partial charge in [-0.25, -0.2) is 4.79 Å². The van der Waals surface area contributed by atoms with Crippen LogP contribution in [0, 0.1) is 10.1 Å². The van der Waals surface area contributed by atoms with Crippen molar-refractivity contribution in [3.8, 4) is 23.0 Å². The van der Waals surface area contributed by atoms with Gasteiger partial charge < -0.3 is 29.0 Å². The number of hydrogen-bond donors (Lipinski definition) is 1. The molecular formula is C20H20N2O9. The van der Waals surface area contributed by atoms with E-state index in [9.17, 15) is 19.7 Å². The van der Waals surface area contributed by atoms with Crippen molar-refractivity contribution in [3.63, 3.8) is 0 Å². The number of fused-ring (bicyclic) bond motifs is 1. The van der Waals surface area contributed by atoms with E-state index in [0.29, 0.717) is 30.4 Å². The average molecular weight is 432 g/mol. The number of anilines is 1. The van der Waals surface area contributed by atoms with Gasteiger partial charge in [-0.2, -0.15) is 0 Å². The lowest BCUT2D eigenvalue weighted by Crippen LogP contribution is -2.30. The van der Waals surface area contributed by atoms with Crippen LogP contribution in [-0.2, 0) is 9.53 Å². The molecule has 0 unspecified atom stereocenters. The van der Waals surface area contributed by atoms with Crippen LogP contribution in [0.15, 0.2) is 30.3 Å². The minimum absolute atomic E-state index is 0.0788. The van der Waals surface area contributed by atoms with Crippen LogP contribution in [0.5, 0.6) is 23.0 Å². The van der Waals surface area contributed by atoms with Gasteiger partial charge in [0.1, 0.15) is 18.8 Å². The number of benzene rings is 2. The van der Waals surface area contributed by atoms with Gasteiger partial charge in [0.15, 0.2) is 29.1 Å². The summed E-state index contributed by atoms with van der Waals surface area (Å²) in [5, 5.41) is 14.0. The molecule has 0 aromatic heterocycles. The number of nitro groups is 1. The number of nitrogens with one attached hydrogen (secondary N) is 1. The molecule has 1 atom stereocenters. The van der Waals surface area contributed by atoms with Gasteiger partial charge in [0.25, 0.3) is 11.6 Å². The maximum atomic E-state index is 12.6. The molecule has 0 radical (unpaired) electrons. The number of esters is 1. The van der Waals surface area contributed by atoms with E-state index in [0.717, 1.165) is 12.1 Å². The molecule has 0 spiro atoms. The van der Waals surface area contributed by atoms with Gasteiger partial charge in [0, 0.05) is 17.8 Å². The lowest BCUT2D eigenvalue weighted by Gasteiger charge is -2.19. The smallest absolute Gasteiger partial charge is 0.346 e. The van der Waals surface area contributed by atoms with Gasteiger partial charge in [-0.15, -0.1) is 0 Å². The first-order valence-electron chi connectivity index (χ1n) is 9.16. The Morgan fingerprint density at radius 3 is 2.35 bits per heavy atom. The second-order valence-corrected chi connectivity index (χ2v) is 6.38. The van der Waals surface area contributed by atoms with Crippen molar-refractivity contribution in [2.24, 2.45) is 0 Å². The van der Waals surface area contributed by atoms with E-state index < -0.39 is 28.6 Å². The minimum atomic E-state index is -1.24. The second-order valence-electron chi connectivity index (χ2n) is 6.38. The average Bonchev–Trinajstić information content (AvgIpc) is 2.77. The van der Waals surface area contributed by atoms with Crippen LogP contribution in [0.2, 0.25) is 0 Å². The monoisotopic (exact) mass is 432 g/mol. The molecule has 11 nitrogen and oxygen atoms in total. The number of carbonyl (C=O) groups is 2. The Hall–Kier alpha value is -4.02. The van der Waals surface area contributed by atoms with E-state index in [2.05, 4.69) is 5.32 Å². The molecule has 2 aromatic rings. The van der Waals surface area contributed by atoms with E-state index in [1.807, 2.05) is 0 Å². The van der Waals surface area contributed by atoms with Crippen molar-refractivity contribution in [2.75, 3.05) is 32.8 Å². The Morgan fingerprint density at radius 2 is 1.71 bits per heavy atom. The number of nitro benzene ring substituents is 1. The van der Waals surface area contributed by atoms with E-state index in [4.69, 9.17) is 23.7 Å². The Bertz CT molecular complexity index is 1020. The number of carbonyl (C=O) groups excluding carboxylic acids is 2. The zero-order chi connectivity index (χ0) is 22.5. The summed E-state index contributed by atoms with van der Waals surface area (Å²) in [7, 11) is 2.63. The largest absolute Gasteiger partial charge is 0.493 e. The standard InChI is InChI=1S/C20H20N2O9/c1-11(19(23)21-12-4-5-15-18(8-12)30-7-6-29-15)31-20(24)13-9-16(27-2)17(28-3)10-14(13)22(25)26/h4-5,8-11H,6-7H2,1-3H3,(H,21,23)/t11-/m0/s1. The van der Waals surface area contributed by atoms with Crippen molar-refractivity contribution >= 4 is 23.3 Å². The van der Waals surface area contributed by atoms with Crippen LogP contribution < -0.4 is 24.3 Å². The molecule has 3 rings (SSSR count). The van der Waals surface area contributed by atoms with E-state index in [1.54, 1.807) is 18.2 Å². The molecule has 164 valence electrons. The summed E-state index contributed by atoms with van der Waals surface area (Å²) in [4.78, 5) is 35.6. The molecular weight excluding hydrogens is 412 g/mol. The maximum Gasteiger partial charge on any atom is 0.346 e. The van der Waals surface area contributed by atoms with E-state index in [1.165, 1.54) is 21.1 Å². The number of ether oxygens (including phenoxy) is 5. The topological polar surface area (TPSA) is 135 Å². The molecule has 0 saturated heterocycles. The van der Waals surface area contributed by atoms with Crippen LogP contribution in [0.25, 0.3) is 0 Å². The molecule has 1 aliphatic heterocycles. The SMILES string of the molecule is COc1cc(C(=O)O[C@@H](C)C(=O)Nc2ccc3c(c2)OCCO3)c([N+](=O)[O-])cc1OC. The first-order valence-corrected chi connectivity index (χ1v) is 9.16. The highest BCUT2D eigenvalue weighted by Crippen LogP contribution is 2.35. The molecule has 2 aromatic carbocycles. The van der Waals surface area contributed by atoms with Gasteiger partial charge in [-0.3, -0.25) is 14.9 Å². The molecule has 1 amide bonds. The first kappa shape index (κ1) is 21.7. The highest BCUT2D eigenvalue weighted by atomic mass is 16.6. The van der Waals surface area contributed by atoms with Gasteiger partial charge in [0.2, 0.25) is 0 Å². The van der Waals surface area contributed by atoms with Crippen LogP contribution in [0.3, 0.4) is 0 Å². The lowest BCUT2D eigenvalue weighted by molar-refractivity contribution is -0.385. The summed E-state index contributed by atoms with van der Waals surface area (Å²) in [6.07, 6.45) is -1.24. The number of hydrogen-bond acceptors (Lipinski definition) is 9. The van der Waals surface area contributed by atoms with E-state index >= 15 is 0 Å². The highest BCUT2D eigenvalue weighted by Gasteiger charge is 2.28. The van der Waals surface area contributed by atoms with Crippen molar-refractivity contribution in [1.82, 2.24) is 0 Å². The van der Waals surface area contributed by atoms with E-state index in [-0.39, 0.29) is 17.1 Å². The molecule has 31 heavy (non-hydrogen) atoms. The quantitative estimate of drug-likeness (QED) is 0.398. The molecule has 1 heterocycles. The summed E-state index contributed by atoms with van der Waals surface area (Å²) in [5.41, 5.74) is -0.502. The third-order valence-corrected chi connectivity index (χ3v) is 4.38. The number of nitrogens with zero attached hydrogens (tertiary/aromatic N) is 1. The summed E-state index contributed by atoms with van der Waals surface area (Å²) >= 11 is 0. The summed E-state index contributed by atoms with van der Waals surface area (Å²) in [6.45, 7) is 2.17. The Balaban J connectivity index is 1.74. The maximum absolute atomic E-state index is 12.6. The normalized spacial score (nSPS) is 13.0. The van der Waals surface area contributed by atoms with Gasteiger partial charge in [0.05, 0.1) is 25.2 Å². The fourth-order valence-corrected chi connectivity index (χ4v) is 2.83. The van der Waals surface area contributed by atoms with Crippen LogP contribution in [-0.4, -0.2) is 50.3 Å². The number of rotatable bonds is 7. The number of amides is 1. The zero-order valence-corrected chi connectivity index (χ0v) is 17.0. The molecule has 1 N–H and O–H groups in total. The molecule has 11 heteroatoms.